The summed E-state index contributed by atoms with van der Waals surface area (Å²) in [5.41, 5.74) is 1.87. The van der Waals surface area contributed by atoms with Crippen molar-refractivity contribution in [3.05, 3.63) is 35.7 Å². The molecule has 1 amide bonds. The lowest BCUT2D eigenvalue weighted by Gasteiger charge is -2.26. The molecule has 29 heavy (non-hydrogen) atoms. The van der Waals surface area contributed by atoms with Crippen molar-refractivity contribution in [2.75, 3.05) is 26.2 Å². The zero-order valence-corrected chi connectivity index (χ0v) is 19.5. The van der Waals surface area contributed by atoms with Crippen LogP contribution in [0.5, 0.6) is 0 Å². The molecule has 2 rings (SSSR count). The number of carbonyl (C=O) groups excluding carboxylic acids is 2. The van der Waals surface area contributed by atoms with E-state index in [0.717, 1.165) is 31.2 Å². The van der Waals surface area contributed by atoms with Gasteiger partial charge in [-0.05, 0) is 51.8 Å². The summed E-state index contributed by atoms with van der Waals surface area (Å²) in [6.45, 7) is 17.6. The maximum atomic E-state index is 12.4. The molecule has 1 N–H and O–H groups in total. The molecule has 0 aliphatic carbocycles. The van der Waals surface area contributed by atoms with Crippen molar-refractivity contribution in [1.29, 1.82) is 0 Å². The fourth-order valence-corrected chi connectivity index (χ4v) is 2.89. The highest BCUT2D eigenvalue weighted by Gasteiger charge is 2.21. The van der Waals surface area contributed by atoms with Gasteiger partial charge in [-0.3, -0.25) is 14.6 Å². The van der Waals surface area contributed by atoms with Crippen LogP contribution in [-0.2, 0) is 9.59 Å². The molecule has 1 aliphatic rings. The number of likely N-dealkylation sites (tertiary alicyclic amines) is 1. The smallest absolute Gasteiger partial charge is 0.292 e. The first-order valence-electron chi connectivity index (χ1n) is 11.0. The van der Waals surface area contributed by atoms with Crippen LogP contribution in [0.4, 0.5) is 0 Å². The molecular weight excluding hydrogens is 362 g/mol. The fraction of sp³-hybridized carbons (Fsp3) is 0.625. The predicted molar refractivity (Wildman–Crippen MR) is 123 cm³/mol. The van der Waals surface area contributed by atoms with Crippen LogP contribution in [0.25, 0.3) is 5.57 Å². The molecule has 0 atom stereocenters. The van der Waals surface area contributed by atoms with Crippen LogP contribution in [0.1, 0.15) is 72.1 Å². The Bertz CT molecular complexity index is 630. The van der Waals surface area contributed by atoms with Crippen molar-refractivity contribution in [2.45, 2.75) is 67.7 Å². The van der Waals surface area contributed by atoms with Crippen molar-refractivity contribution < 1.29 is 9.59 Å². The van der Waals surface area contributed by atoms with Gasteiger partial charge in [0, 0.05) is 36.1 Å². The Kier molecular flexibility index (Phi) is 14.8. The number of Topliss-reactive ketones (excluding diaryl/α,β-unsaturated/α-hetero) is 1. The molecule has 1 fully saturated rings. The Hall–Kier alpha value is -2.01. The van der Waals surface area contributed by atoms with E-state index < -0.39 is 11.7 Å². The van der Waals surface area contributed by atoms with Crippen LogP contribution < -0.4 is 5.32 Å². The van der Waals surface area contributed by atoms with Gasteiger partial charge in [-0.2, -0.15) is 0 Å². The molecule has 5 nitrogen and oxygen atoms in total. The maximum absolute atomic E-state index is 12.4. The zero-order valence-electron chi connectivity index (χ0n) is 19.5. The van der Waals surface area contributed by atoms with Gasteiger partial charge >= 0.3 is 0 Å². The number of piperidine rings is 1. The molecule has 1 saturated heterocycles. The number of rotatable bonds is 6. The lowest BCUT2D eigenvalue weighted by Crippen LogP contribution is -2.40. The summed E-state index contributed by atoms with van der Waals surface area (Å²) < 4.78 is 0. The molecule has 1 aromatic rings. The Labute approximate surface area is 178 Å². The highest BCUT2D eigenvalue weighted by molar-refractivity contribution is 6.53. The van der Waals surface area contributed by atoms with Crippen molar-refractivity contribution in [1.82, 2.24) is 15.2 Å². The van der Waals surface area contributed by atoms with Crippen LogP contribution >= 0.6 is 0 Å². The number of nitrogens with one attached hydrogen (secondary N) is 1. The van der Waals surface area contributed by atoms with Crippen molar-refractivity contribution in [3.63, 3.8) is 0 Å². The third-order valence-corrected chi connectivity index (χ3v) is 4.20. The number of aromatic nitrogens is 1. The summed E-state index contributed by atoms with van der Waals surface area (Å²) >= 11 is 0. The molecular formula is C24H41N3O2. The number of amides is 1. The van der Waals surface area contributed by atoms with E-state index >= 15 is 0 Å². The van der Waals surface area contributed by atoms with Crippen molar-refractivity contribution in [3.8, 4) is 0 Å². The number of hydrogen-bond donors (Lipinski definition) is 1. The monoisotopic (exact) mass is 403 g/mol. The van der Waals surface area contributed by atoms with Gasteiger partial charge in [0.25, 0.3) is 5.91 Å². The summed E-state index contributed by atoms with van der Waals surface area (Å²) in [7, 11) is 0. The highest BCUT2D eigenvalue weighted by Crippen LogP contribution is 2.18. The minimum absolute atomic E-state index is 0.408. The van der Waals surface area contributed by atoms with Gasteiger partial charge in [0.1, 0.15) is 0 Å². The summed E-state index contributed by atoms with van der Waals surface area (Å²) in [6, 6.07) is 3.59. The third-order valence-electron chi connectivity index (χ3n) is 4.20. The number of hydrogen-bond acceptors (Lipinski definition) is 4. The quantitative estimate of drug-likeness (QED) is 0.555. The Balaban J connectivity index is 0.00000116. The average Bonchev–Trinajstić information content (AvgIpc) is 2.71. The summed E-state index contributed by atoms with van der Waals surface area (Å²) in [5, 5.41) is 2.74. The first kappa shape index (κ1) is 27.0. The third kappa shape index (κ3) is 10.9. The normalized spacial score (nSPS) is 14.3. The predicted octanol–water partition coefficient (Wildman–Crippen LogP) is 4.65. The molecule has 0 bridgehead atoms. The number of allylic oxidation sites excluding steroid dienone is 1. The van der Waals surface area contributed by atoms with Gasteiger partial charge in [-0.15, -0.1) is 0 Å². The van der Waals surface area contributed by atoms with Crippen molar-refractivity contribution in [2.24, 2.45) is 5.92 Å². The van der Waals surface area contributed by atoms with E-state index in [9.17, 15) is 9.59 Å². The lowest BCUT2D eigenvalue weighted by atomic mass is 10.00. The van der Waals surface area contributed by atoms with Gasteiger partial charge in [0.15, 0.2) is 0 Å². The standard InChI is InChI=1S/C18H25N3O2.C4H10.C2H6/c1-3-15(16-8-7-9-19-14(16)2)17(22)18(23)20-10-13-21-11-5-4-6-12-21;1-4(2)3;1-2/h3,7-9H,4-6,10-13H2,1-2H3,(H,20,23);4H,1-3H3;1-2H3/b15-3+;;. The first-order valence-corrected chi connectivity index (χ1v) is 11.0. The fourth-order valence-electron chi connectivity index (χ4n) is 2.89. The number of nitrogens with zero attached hydrogens (tertiary/aromatic N) is 2. The topological polar surface area (TPSA) is 62.3 Å². The molecule has 0 spiro atoms. The highest BCUT2D eigenvalue weighted by atomic mass is 16.2. The number of aryl methyl sites for hydroxylation is 1. The van der Waals surface area contributed by atoms with Crippen LogP contribution in [0.3, 0.4) is 0 Å². The lowest BCUT2D eigenvalue weighted by molar-refractivity contribution is -0.134. The van der Waals surface area contributed by atoms with Gasteiger partial charge in [-0.25, -0.2) is 0 Å². The summed E-state index contributed by atoms with van der Waals surface area (Å²) in [5.74, 6) is -0.208. The van der Waals surface area contributed by atoms with E-state index in [-0.39, 0.29) is 0 Å². The first-order chi connectivity index (χ1) is 13.9. The summed E-state index contributed by atoms with van der Waals surface area (Å²) in [4.78, 5) is 31.0. The summed E-state index contributed by atoms with van der Waals surface area (Å²) in [6.07, 6.45) is 7.08. The Morgan fingerprint density at radius 1 is 1.17 bits per heavy atom. The second-order valence-corrected chi connectivity index (χ2v) is 7.56. The maximum Gasteiger partial charge on any atom is 0.292 e. The molecule has 1 aromatic heterocycles. The Morgan fingerprint density at radius 3 is 2.28 bits per heavy atom. The number of carbonyl (C=O) groups is 2. The second-order valence-electron chi connectivity index (χ2n) is 7.56. The van der Waals surface area contributed by atoms with E-state index in [1.54, 1.807) is 25.3 Å². The molecule has 0 unspecified atom stereocenters. The minimum Gasteiger partial charge on any atom is -0.348 e. The molecule has 2 heterocycles. The van der Waals surface area contributed by atoms with Crippen LogP contribution in [0, 0.1) is 12.8 Å². The molecule has 0 radical (unpaired) electrons. The van der Waals surface area contributed by atoms with Gasteiger partial charge in [0.2, 0.25) is 5.78 Å². The molecule has 5 heteroatoms. The second kappa shape index (κ2) is 15.9. The van der Waals surface area contributed by atoms with Gasteiger partial charge < -0.3 is 10.2 Å². The SMILES string of the molecule is C/C=C(/C(=O)C(=O)NCCN1CCCCC1)c1cccnc1C.CC.CC(C)C. The van der Waals surface area contributed by atoms with E-state index in [4.69, 9.17) is 0 Å². The molecule has 1 aliphatic heterocycles. The van der Waals surface area contributed by atoms with E-state index in [1.807, 2.05) is 26.8 Å². The average molecular weight is 404 g/mol. The van der Waals surface area contributed by atoms with Gasteiger partial charge in [0.05, 0.1) is 0 Å². The van der Waals surface area contributed by atoms with Gasteiger partial charge in [-0.1, -0.05) is 53.2 Å². The van der Waals surface area contributed by atoms with E-state index in [1.165, 1.54) is 19.3 Å². The van der Waals surface area contributed by atoms with Crippen LogP contribution in [-0.4, -0.2) is 47.8 Å². The number of ketones is 1. The molecule has 0 saturated carbocycles. The van der Waals surface area contributed by atoms with E-state index in [2.05, 4.69) is 36.0 Å². The van der Waals surface area contributed by atoms with Crippen molar-refractivity contribution >= 4 is 17.3 Å². The van der Waals surface area contributed by atoms with Crippen LogP contribution in [0.2, 0.25) is 0 Å². The minimum atomic E-state index is -0.543. The van der Waals surface area contributed by atoms with Crippen LogP contribution in [0.15, 0.2) is 24.4 Å². The van der Waals surface area contributed by atoms with E-state index in [0.29, 0.717) is 17.7 Å². The number of pyridine rings is 1. The molecule has 164 valence electrons. The molecule has 0 aromatic carbocycles. The zero-order chi connectivity index (χ0) is 22.2. The largest absolute Gasteiger partial charge is 0.348 e. The Morgan fingerprint density at radius 2 is 1.76 bits per heavy atom.